The van der Waals surface area contributed by atoms with Gasteiger partial charge in [-0.2, -0.15) is 5.26 Å². The Morgan fingerprint density at radius 3 is 2.40 bits per heavy atom. The van der Waals surface area contributed by atoms with Crippen LogP contribution in [-0.4, -0.2) is 48.6 Å². The van der Waals surface area contributed by atoms with Crippen molar-refractivity contribution in [2.24, 2.45) is 5.92 Å². The molecular formula is C12H21N3. The predicted molar refractivity (Wildman–Crippen MR) is 60.4 cm³/mol. The van der Waals surface area contributed by atoms with E-state index in [-0.39, 0.29) is 5.54 Å². The molecule has 2 fully saturated rings. The van der Waals surface area contributed by atoms with Crippen LogP contribution >= 0.6 is 0 Å². The van der Waals surface area contributed by atoms with Gasteiger partial charge in [-0.05, 0) is 38.9 Å². The van der Waals surface area contributed by atoms with Crippen LogP contribution in [0.2, 0.25) is 0 Å². The molecule has 0 atom stereocenters. The number of likely N-dealkylation sites (N-methyl/N-ethyl adjacent to an activating group) is 1. The molecule has 0 aromatic heterocycles. The Hall–Kier alpha value is -0.590. The van der Waals surface area contributed by atoms with Crippen molar-refractivity contribution in [1.82, 2.24) is 9.80 Å². The van der Waals surface area contributed by atoms with Crippen molar-refractivity contribution >= 4 is 0 Å². The quantitative estimate of drug-likeness (QED) is 0.684. The van der Waals surface area contributed by atoms with Gasteiger partial charge >= 0.3 is 0 Å². The minimum Gasteiger partial charge on any atom is -0.303 e. The smallest absolute Gasteiger partial charge is 0.0642 e. The summed E-state index contributed by atoms with van der Waals surface area (Å²) >= 11 is 0. The van der Waals surface area contributed by atoms with Crippen molar-refractivity contribution in [3.8, 4) is 6.07 Å². The molecule has 84 valence electrons. The summed E-state index contributed by atoms with van der Waals surface area (Å²) < 4.78 is 0. The molecule has 0 aliphatic carbocycles. The van der Waals surface area contributed by atoms with Gasteiger partial charge in [0.25, 0.3) is 0 Å². The van der Waals surface area contributed by atoms with Gasteiger partial charge in [0.15, 0.2) is 0 Å². The number of nitriles is 1. The van der Waals surface area contributed by atoms with Gasteiger partial charge in [-0.3, -0.25) is 4.90 Å². The first-order valence-corrected chi connectivity index (χ1v) is 5.97. The first-order chi connectivity index (χ1) is 7.16. The van der Waals surface area contributed by atoms with Crippen LogP contribution in [0.3, 0.4) is 0 Å². The summed E-state index contributed by atoms with van der Waals surface area (Å²) in [5.74, 6) is 0.873. The topological polar surface area (TPSA) is 30.3 Å². The second kappa shape index (κ2) is 4.11. The Kier molecular flexibility index (Phi) is 2.99. The lowest BCUT2D eigenvalue weighted by atomic mass is 9.82. The third-order valence-electron chi connectivity index (χ3n) is 3.99. The van der Waals surface area contributed by atoms with E-state index in [9.17, 15) is 0 Å². The fourth-order valence-electron chi connectivity index (χ4n) is 3.01. The van der Waals surface area contributed by atoms with E-state index in [2.05, 4.69) is 29.8 Å². The Morgan fingerprint density at radius 1 is 1.33 bits per heavy atom. The van der Waals surface area contributed by atoms with E-state index in [4.69, 9.17) is 5.26 Å². The molecule has 2 aliphatic rings. The van der Waals surface area contributed by atoms with Crippen LogP contribution in [0.25, 0.3) is 0 Å². The van der Waals surface area contributed by atoms with Crippen molar-refractivity contribution in [3.05, 3.63) is 0 Å². The molecule has 2 saturated heterocycles. The minimum atomic E-state index is 0.198. The summed E-state index contributed by atoms with van der Waals surface area (Å²) in [7, 11) is 2.14. The van der Waals surface area contributed by atoms with Crippen molar-refractivity contribution in [2.45, 2.75) is 31.7 Å². The number of piperidine rings is 1. The molecule has 0 radical (unpaired) electrons. The summed E-state index contributed by atoms with van der Waals surface area (Å²) in [4.78, 5) is 4.88. The zero-order valence-corrected chi connectivity index (χ0v) is 9.87. The average molecular weight is 207 g/mol. The largest absolute Gasteiger partial charge is 0.303 e. The van der Waals surface area contributed by atoms with E-state index in [0.717, 1.165) is 19.0 Å². The van der Waals surface area contributed by atoms with Crippen LogP contribution in [0.1, 0.15) is 26.2 Å². The molecule has 0 amide bonds. The molecule has 2 heterocycles. The van der Waals surface area contributed by atoms with Crippen LogP contribution in [0, 0.1) is 17.2 Å². The van der Waals surface area contributed by atoms with Crippen molar-refractivity contribution < 1.29 is 0 Å². The highest BCUT2D eigenvalue weighted by Crippen LogP contribution is 2.33. The van der Waals surface area contributed by atoms with E-state index in [1.165, 1.54) is 25.9 Å². The lowest BCUT2D eigenvalue weighted by molar-refractivity contribution is -0.0533. The third-order valence-corrected chi connectivity index (χ3v) is 3.99. The van der Waals surface area contributed by atoms with E-state index in [1.54, 1.807) is 0 Å². The number of hydrogen-bond acceptors (Lipinski definition) is 3. The Morgan fingerprint density at radius 2 is 1.93 bits per heavy atom. The Balaban J connectivity index is 1.97. The van der Waals surface area contributed by atoms with Crippen molar-refractivity contribution in [2.75, 3.05) is 33.2 Å². The summed E-state index contributed by atoms with van der Waals surface area (Å²) in [6, 6.07) is 2.37. The molecule has 3 heteroatoms. The van der Waals surface area contributed by atoms with Gasteiger partial charge in [0.1, 0.15) is 0 Å². The summed E-state index contributed by atoms with van der Waals surface area (Å²) in [5, 5.41) is 8.94. The Bertz CT molecular complexity index is 255. The molecule has 0 saturated carbocycles. The molecule has 0 bridgehead atoms. The highest BCUT2D eigenvalue weighted by molar-refractivity contribution is 5.08. The standard InChI is InChI=1S/C12H21N3/c1-11-3-7-15(8-4-11)12(5-6-13)9-14(2)10-12/h11H,3-5,7-10H2,1-2H3. The lowest BCUT2D eigenvalue weighted by Crippen LogP contribution is -2.69. The highest BCUT2D eigenvalue weighted by atomic mass is 15.3. The first kappa shape index (κ1) is 10.9. The first-order valence-electron chi connectivity index (χ1n) is 5.97. The molecule has 3 nitrogen and oxygen atoms in total. The molecule has 0 aromatic carbocycles. The lowest BCUT2D eigenvalue weighted by Gasteiger charge is -2.55. The van der Waals surface area contributed by atoms with Crippen LogP contribution in [-0.2, 0) is 0 Å². The highest BCUT2D eigenvalue weighted by Gasteiger charge is 2.46. The normalized spacial score (nSPS) is 28.3. The fourth-order valence-corrected chi connectivity index (χ4v) is 3.01. The molecule has 0 unspecified atom stereocenters. The summed E-state index contributed by atoms with van der Waals surface area (Å²) in [6.45, 7) is 6.87. The SMILES string of the molecule is CC1CCN(C2(CC#N)CN(C)C2)CC1. The fraction of sp³-hybridized carbons (Fsp3) is 0.917. The molecular weight excluding hydrogens is 186 g/mol. The van der Waals surface area contributed by atoms with E-state index < -0.39 is 0 Å². The molecule has 0 spiro atoms. The van der Waals surface area contributed by atoms with Crippen molar-refractivity contribution in [1.29, 1.82) is 5.26 Å². The predicted octanol–water partition coefficient (Wildman–Crippen LogP) is 1.32. The molecule has 2 aliphatic heterocycles. The zero-order chi connectivity index (χ0) is 10.9. The third kappa shape index (κ3) is 2.02. The van der Waals surface area contributed by atoms with Crippen molar-refractivity contribution in [3.63, 3.8) is 0 Å². The maximum Gasteiger partial charge on any atom is 0.0642 e. The van der Waals surface area contributed by atoms with Crippen LogP contribution in [0.5, 0.6) is 0 Å². The number of rotatable bonds is 2. The van der Waals surface area contributed by atoms with Gasteiger partial charge in [0, 0.05) is 13.1 Å². The number of nitrogens with zero attached hydrogens (tertiary/aromatic N) is 3. The van der Waals surface area contributed by atoms with E-state index >= 15 is 0 Å². The second-order valence-electron chi connectivity index (χ2n) is 5.40. The number of hydrogen-bond donors (Lipinski definition) is 0. The van der Waals surface area contributed by atoms with Gasteiger partial charge in [0.2, 0.25) is 0 Å². The monoisotopic (exact) mass is 207 g/mol. The maximum absolute atomic E-state index is 8.94. The van der Waals surface area contributed by atoms with Gasteiger partial charge in [-0.15, -0.1) is 0 Å². The summed E-state index contributed by atoms with van der Waals surface area (Å²) in [5.41, 5.74) is 0.198. The van der Waals surface area contributed by atoms with E-state index in [1.807, 2.05) is 0 Å². The Labute approximate surface area is 92.7 Å². The van der Waals surface area contributed by atoms with Crippen LogP contribution in [0.15, 0.2) is 0 Å². The molecule has 2 rings (SSSR count). The van der Waals surface area contributed by atoms with Gasteiger partial charge in [-0.1, -0.05) is 6.92 Å². The van der Waals surface area contributed by atoms with Crippen LogP contribution < -0.4 is 0 Å². The maximum atomic E-state index is 8.94. The zero-order valence-electron chi connectivity index (χ0n) is 9.87. The van der Waals surface area contributed by atoms with Crippen LogP contribution in [0.4, 0.5) is 0 Å². The van der Waals surface area contributed by atoms with Gasteiger partial charge in [0.05, 0.1) is 18.0 Å². The minimum absolute atomic E-state index is 0.198. The summed E-state index contributed by atoms with van der Waals surface area (Å²) in [6.07, 6.45) is 3.31. The molecule has 0 aromatic rings. The number of likely N-dealkylation sites (tertiary alicyclic amines) is 2. The van der Waals surface area contributed by atoms with E-state index in [0.29, 0.717) is 6.42 Å². The van der Waals surface area contributed by atoms with Gasteiger partial charge < -0.3 is 4.90 Å². The van der Waals surface area contributed by atoms with Gasteiger partial charge in [-0.25, -0.2) is 0 Å². The molecule has 0 N–H and O–H groups in total. The average Bonchev–Trinajstić information content (AvgIpc) is 2.16. The molecule has 15 heavy (non-hydrogen) atoms. The second-order valence-corrected chi connectivity index (χ2v) is 5.40.